The van der Waals surface area contributed by atoms with E-state index in [4.69, 9.17) is 15.2 Å². The summed E-state index contributed by atoms with van der Waals surface area (Å²) in [5, 5.41) is 0. The highest BCUT2D eigenvalue weighted by Gasteiger charge is 2.24. The second kappa shape index (κ2) is 8.34. The highest BCUT2D eigenvalue weighted by atomic mass is 32.2. The molecule has 1 aromatic rings. The Morgan fingerprint density at radius 1 is 1.31 bits per heavy atom. The number of amides is 1. The first-order chi connectivity index (χ1) is 12.5. The highest BCUT2D eigenvalue weighted by molar-refractivity contribution is 7.89. The monoisotopic (exact) mass is 383 g/mol. The molecule has 0 bridgehead atoms. The molecular formula is C17H25N3O5S. The standard InChI is InChI=1S/C17H25N3O5S/c18-17(21)15-4-3-14(11-16(15)25-12-13-1-2-13)26(22,23)19-5-6-20-7-9-24-10-8-20/h3-4,11,13,19H,1-2,5-10,12H2,(H2,18,21). The molecule has 26 heavy (non-hydrogen) atoms. The summed E-state index contributed by atoms with van der Waals surface area (Å²) in [6, 6.07) is 4.15. The molecule has 1 saturated carbocycles. The molecule has 0 unspecified atom stereocenters. The molecule has 0 atom stereocenters. The molecule has 1 heterocycles. The van der Waals surface area contributed by atoms with Crippen molar-refractivity contribution < 1.29 is 22.7 Å². The lowest BCUT2D eigenvalue weighted by atomic mass is 10.2. The van der Waals surface area contributed by atoms with E-state index in [-0.39, 0.29) is 16.2 Å². The van der Waals surface area contributed by atoms with Crippen LogP contribution in [0.25, 0.3) is 0 Å². The molecule has 2 aliphatic rings. The number of hydrogen-bond donors (Lipinski definition) is 2. The maximum atomic E-state index is 12.5. The summed E-state index contributed by atoms with van der Waals surface area (Å²) in [6.45, 7) is 4.33. The van der Waals surface area contributed by atoms with E-state index in [1.807, 2.05) is 0 Å². The third kappa shape index (κ3) is 5.16. The van der Waals surface area contributed by atoms with Gasteiger partial charge in [-0.3, -0.25) is 9.69 Å². The Hall–Kier alpha value is -1.68. The molecule has 0 aromatic heterocycles. The van der Waals surface area contributed by atoms with Crippen LogP contribution in [0.4, 0.5) is 0 Å². The SMILES string of the molecule is NC(=O)c1ccc(S(=O)(=O)NCCN2CCOCC2)cc1OCC1CC1. The second-order valence-electron chi connectivity index (χ2n) is 6.63. The summed E-state index contributed by atoms with van der Waals surface area (Å²) in [5.41, 5.74) is 5.55. The van der Waals surface area contributed by atoms with E-state index in [2.05, 4.69) is 9.62 Å². The van der Waals surface area contributed by atoms with Gasteiger partial charge >= 0.3 is 0 Å². The normalized spacial score (nSPS) is 18.6. The highest BCUT2D eigenvalue weighted by Crippen LogP contribution is 2.31. The summed E-state index contributed by atoms with van der Waals surface area (Å²) in [5.74, 6) is 0.0584. The van der Waals surface area contributed by atoms with Crippen LogP contribution >= 0.6 is 0 Å². The van der Waals surface area contributed by atoms with Gasteiger partial charge in [0.25, 0.3) is 5.91 Å². The molecule has 1 amide bonds. The molecule has 1 aromatic carbocycles. The van der Waals surface area contributed by atoms with E-state index in [1.54, 1.807) is 0 Å². The average Bonchev–Trinajstić information content (AvgIpc) is 3.45. The Morgan fingerprint density at radius 3 is 2.69 bits per heavy atom. The lowest BCUT2D eigenvalue weighted by molar-refractivity contribution is 0.0390. The van der Waals surface area contributed by atoms with Crippen LogP contribution in [0.15, 0.2) is 23.1 Å². The van der Waals surface area contributed by atoms with Gasteiger partial charge < -0.3 is 15.2 Å². The Kier molecular flexibility index (Phi) is 6.13. The van der Waals surface area contributed by atoms with Gasteiger partial charge in [0, 0.05) is 32.2 Å². The molecule has 3 rings (SSSR count). The maximum Gasteiger partial charge on any atom is 0.252 e. The quantitative estimate of drug-likeness (QED) is 0.630. The van der Waals surface area contributed by atoms with Crippen molar-refractivity contribution >= 4 is 15.9 Å². The summed E-state index contributed by atoms with van der Waals surface area (Å²) in [6.07, 6.45) is 2.18. The Labute approximate surface area is 153 Å². The topological polar surface area (TPSA) is 111 Å². The van der Waals surface area contributed by atoms with Gasteiger partial charge in [-0.2, -0.15) is 0 Å². The van der Waals surface area contributed by atoms with Crippen molar-refractivity contribution in [3.8, 4) is 5.75 Å². The lowest BCUT2D eigenvalue weighted by Crippen LogP contribution is -2.41. The Balaban J connectivity index is 1.65. The Morgan fingerprint density at radius 2 is 2.04 bits per heavy atom. The van der Waals surface area contributed by atoms with Crippen LogP contribution in [0.3, 0.4) is 0 Å². The van der Waals surface area contributed by atoms with Crippen LogP contribution in [-0.4, -0.2) is 65.2 Å². The van der Waals surface area contributed by atoms with Crippen LogP contribution in [-0.2, 0) is 14.8 Å². The first-order valence-corrected chi connectivity index (χ1v) is 10.3. The first-order valence-electron chi connectivity index (χ1n) is 8.82. The van der Waals surface area contributed by atoms with E-state index in [1.165, 1.54) is 18.2 Å². The van der Waals surface area contributed by atoms with Gasteiger partial charge in [-0.15, -0.1) is 0 Å². The van der Waals surface area contributed by atoms with Crippen LogP contribution in [0.2, 0.25) is 0 Å². The molecular weight excluding hydrogens is 358 g/mol. The molecule has 1 saturated heterocycles. The van der Waals surface area contributed by atoms with Crippen molar-refractivity contribution in [3.05, 3.63) is 23.8 Å². The number of ether oxygens (including phenoxy) is 2. The summed E-state index contributed by atoms with van der Waals surface area (Å²) in [7, 11) is -3.69. The largest absolute Gasteiger partial charge is 0.492 e. The van der Waals surface area contributed by atoms with Gasteiger partial charge in [0.1, 0.15) is 5.75 Å². The minimum Gasteiger partial charge on any atom is -0.492 e. The fourth-order valence-corrected chi connectivity index (χ4v) is 3.77. The number of carbonyl (C=O) groups excluding carboxylic acids is 1. The molecule has 2 fully saturated rings. The molecule has 0 radical (unpaired) electrons. The van der Waals surface area contributed by atoms with E-state index in [0.29, 0.717) is 38.8 Å². The smallest absolute Gasteiger partial charge is 0.252 e. The van der Waals surface area contributed by atoms with Crippen molar-refractivity contribution in [2.24, 2.45) is 11.7 Å². The van der Waals surface area contributed by atoms with Crippen molar-refractivity contribution in [2.45, 2.75) is 17.7 Å². The third-order valence-corrected chi connectivity index (χ3v) is 5.98. The molecule has 1 aliphatic carbocycles. The molecule has 8 nitrogen and oxygen atoms in total. The van der Waals surface area contributed by atoms with Gasteiger partial charge in [-0.05, 0) is 30.9 Å². The summed E-state index contributed by atoms with van der Waals surface area (Å²) < 4.78 is 38.6. The fourth-order valence-electron chi connectivity index (χ4n) is 2.73. The van der Waals surface area contributed by atoms with Crippen molar-refractivity contribution in [1.82, 2.24) is 9.62 Å². The van der Waals surface area contributed by atoms with Gasteiger partial charge in [-0.25, -0.2) is 13.1 Å². The van der Waals surface area contributed by atoms with E-state index < -0.39 is 15.9 Å². The van der Waals surface area contributed by atoms with E-state index in [9.17, 15) is 13.2 Å². The van der Waals surface area contributed by atoms with E-state index in [0.717, 1.165) is 25.9 Å². The third-order valence-electron chi connectivity index (χ3n) is 4.52. The number of carbonyl (C=O) groups is 1. The van der Waals surface area contributed by atoms with Crippen molar-refractivity contribution in [1.29, 1.82) is 0 Å². The maximum absolute atomic E-state index is 12.5. The van der Waals surface area contributed by atoms with Crippen molar-refractivity contribution in [3.63, 3.8) is 0 Å². The number of benzene rings is 1. The number of nitrogens with one attached hydrogen (secondary N) is 1. The number of primary amides is 1. The predicted molar refractivity (Wildman–Crippen MR) is 95.6 cm³/mol. The zero-order chi connectivity index (χ0) is 18.6. The molecule has 3 N–H and O–H groups in total. The van der Waals surface area contributed by atoms with Crippen LogP contribution in [0.5, 0.6) is 5.75 Å². The van der Waals surface area contributed by atoms with Crippen LogP contribution in [0, 0.1) is 5.92 Å². The average molecular weight is 383 g/mol. The number of nitrogens with zero attached hydrogens (tertiary/aromatic N) is 1. The van der Waals surface area contributed by atoms with Crippen LogP contribution < -0.4 is 15.2 Å². The minimum absolute atomic E-state index is 0.0651. The zero-order valence-electron chi connectivity index (χ0n) is 14.6. The molecule has 9 heteroatoms. The van der Waals surface area contributed by atoms with Gasteiger partial charge in [0.05, 0.1) is 30.3 Å². The molecule has 0 spiro atoms. The number of rotatable bonds is 9. The Bertz CT molecular complexity index is 743. The zero-order valence-corrected chi connectivity index (χ0v) is 15.5. The first kappa shape index (κ1) is 19.1. The van der Waals surface area contributed by atoms with Crippen molar-refractivity contribution in [2.75, 3.05) is 46.0 Å². The predicted octanol–water partition coefficient (Wildman–Crippen LogP) is 0.185. The minimum atomic E-state index is -3.69. The van der Waals surface area contributed by atoms with Crippen LogP contribution in [0.1, 0.15) is 23.2 Å². The number of morpholine rings is 1. The van der Waals surface area contributed by atoms with Gasteiger partial charge in [0.15, 0.2) is 0 Å². The molecule has 144 valence electrons. The number of nitrogens with two attached hydrogens (primary N) is 1. The van der Waals surface area contributed by atoms with E-state index >= 15 is 0 Å². The summed E-state index contributed by atoms with van der Waals surface area (Å²) >= 11 is 0. The summed E-state index contributed by atoms with van der Waals surface area (Å²) in [4.78, 5) is 13.8. The molecule has 1 aliphatic heterocycles. The number of sulfonamides is 1. The lowest BCUT2D eigenvalue weighted by Gasteiger charge is -2.26. The second-order valence-corrected chi connectivity index (χ2v) is 8.40. The fraction of sp³-hybridized carbons (Fsp3) is 0.588. The number of hydrogen-bond acceptors (Lipinski definition) is 6. The van der Waals surface area contributed by atoms with Gasteiger partial charge in [-0.1, -0.05) is 0 Å². The van der Waals surface area contributed by atoms with Gasteiger partial charge in [0.2, 0.25) is 10.0 Å².